The second-order valence-corrected chi connectivity index (χ2v) is 7.35. The fraction of sp³-hybridized carbons (Fsp3) is 0.217. The lowest BCUT2D eigenvalue weighted by molar-refractivity contribution is -0.121. The molecule has 164 valence electrons. The number of likely N-dealkylation sites (tertiary alicyclic amines) is 1. The van der Waals surface area contributed by atoms with Crippen molar-refractivity contribution in [2.45, 2.75) is 12.8 Å². The minimum absolute atomic E-state index is 0.165. The zero-order chi connectivity index (χ0) is 22.5. The summed E-state index contributed by atoms with van der Waals surface area (Å²) in [6, 6.07) is 9.80. The molecular weight excluding hydrogens is 418 g/mol. The second kappa shape index (κ2) is 9.51. The van der Waals surface area contributed by atoms with E-state index in [9.17, 15) is 18.4 Å². The highest BCUT2D eigenvalue weighted by molar-refractivity contribution is 5.95. The topological polar surface area (TPSA) is 84.4 Å². The summed E-state index contributed by atoms with van der Waals surface area (Å²) >= 11 is 0. The standard InChI is InChI=1S/C23H20F2N4O3/c24-16-4-5-19(20(25)12-16)23(31)29-10-6-15(7-11-29)22(30)28-17-2-1-3-18(13-17)32-21-14-26-8-9-27-21/h1-5,8-9,12-15H,6-7,10-11H2,(H,28,30). The maximum Gasteiger partial charge on any atom is 0.256 e. The van der Waals surface area contributed by atoms with E-state index in [-0.39, 0.29) is 17.4 Å². The number of nitrogens with zero attached hydrogens (tertiary/aromatic N) is 3. The molecule has 0 aliphatic carbocycles. The first-order valence-electron chi connectivity index (χ1n) is 10.1. The van der Waals surface area contributed by atoms with E-state index >= 15 is 0 Å². The van der Waals surface area contributed by atoms with Crippen LogP contribution in [0.4, 0.5) is 14.5 Å². The molecule has 0 unspecified atom stereocenters. The van der Waals surface area contributed by atoms with Crippen molar-refractivity contribution in [1.82, 2.24) is 14.9 Å². The van der Waals surface area contributed by atoms with Crippen molar-refractivity contribution < 1.29 is 23.1 Å². The Morgan fingerprint density at radius 1 is 1.06 bits per heavy atom. The van der Waals surface area contributed by atoms with Gasteiger partial charge in [0, 0.05) is 49.2 Å². The van der Waals surface area contributed by atoms with Gasteiger partial charge in [-0.1, -0.05) is 6.07 Å². The largest absolute Gasteiger partial charge is 0.437 e. The van der Waals surface area contributed by atoms with E-state index in [1.54, 1.807) is 30.5 Å². The molecule has 1 aliphatic rings. The van der Waals surface area contributed by atoms with E-state index in [0.717, 1.165) is 12.1 Å². The van der Waals surface area contributed by atoms with Crippen molar-refractivity contribution in [3.63, 3.8) is 0 Å². The fourth-order valence-electron chi connectivity index (χ4n) is 3.52. The molecule has 0 radical (unpaired) electrons. The lowest BCUT2D eigenvalue weighted by Gasteiger charge is -2.31. The quantitative estimate of drug-likeness (QED) is 0.650. The normalized spacial score (nSPS) is 14.1. The van der Waals surface area contributed by atoms with Crippen LogP contribution in [-0.2, 0) is 4.79 Å². The van der Waals surface area contributed by atoms with Crippen LogP contribution in [-0.4, -0.2) is 39.8 Å². The minimum Gasteiger partial charge on any atom is -0.437 e. The molecule has 4 rings (SSSR count). The molecule has 0 saturated carbocycles. The number of benzene rings is 2. The van der Waals surface area contributed by atoms with E-state index in [4.69, 9.17) is 4.74 Å². The van der Waals surface area contributed by atoms with Gasteiger partial charge in [0.15, 0.2) is 0 Å². The van der Waals surface area contributed by atoms with Crippen LogP contribution in [0.1, 0.15) is 23.2 Å². The zero-order valence-electron chi connectivity index (χ0n) is 17.0. The first-order valence-corrected chi connectivity index (χ1v) is 10.1. The zero-order valence-corrected chi connectivity index (χ0v) is 17.0. The minimum atomic E-state index is -0.890. The van der Waals surface area contributed by atoms with Crippen LogP contribution < -0.4 is 10.1 Å². The van der Waals surface area contributed by atoms with E-state index < -0.39 is 17.5 Å². The number of anilines is 1. The van der Waals surface area contributed by atoms with Gasteiger partial charge in [0.05, 0.1) is 11.8 Å². The monoisotopic (exact) mass is 438 g/mol. The third-order valence-corrected chi connectivity index (χ3v) is 5.18. The lowest BCUT2D eigenvalue weighted by atomic mass is 9.95. The number of hydrogen-bond donors (Lipinski definition) is 1. The average Bonchev–Trinajstić information content (AvgIpc) is 2.80. The molecule has 9 heteroatoms. The SMILES string of the molecule is O=C(Nc1cccc(Oc2cnccn2)c1)C1CCN(C(=O)c2ccc(F)cc2F)CC1. The maximum absolute atomic E-state index is 13.9. The molecule has 1 aliphatic heterocycles. The van der Waals surface area contributed by atoms with Crippen LogP contribution in [0.15, 0.2) is 61.1 Å². The van der Waals surface area contributed by atoms with E-state index in [0.29, 0.717) is 49.3 Å². The molecule has 1 aromatic heterocycles. The van der Waals surface area contributed by atoms with Crippen molar-refractivity contribution in [3.05, 3.63) is 78.3 Å². The van der Waals surface area contributed by atoms with Gasteiger partial charge >= 0.3 is 0 Å². The number of hydrogen-bond acceptors (Lipinski definition) is 5. The van der Waals surface area contributed by atoms with E-state index in [2.05, 4.69) is 15.3 Å². The molecule has 1 N–H and O–H groups in total. The van der Waals surface area contributed by atoms with E-state index in [1.807, 2.05) is 0 Å². The predicted octanol–water partition coefficient (Wildman–Crippen LogP) is 4.04. The molecule has 2 aromatic carbocycles. The Kier molecular flexibility index (Phi) is 6.34. The molecule has 0 bridgehead atoms. The number of amides is 2. The molecule has 2 heterocycles. The van der Waals surface area contributed by atoms with Gasteiger partial charge < -0.3 is 15.0 Å². The summed E-state index contributed by atoms with van der Waals surface area (Å²) in [6.45, 7) is 0.618. The Balaban J connectivity index is 1.33. The first kappa shape index (κ1) is 21.4. The lowest BCUT2D eigenvalue weighted by Crippen LogP contribution is -2.41. The Bertz CT molecular complexity index is 1120. The summed E-state index contributed by atoms with van der Waals surface area (Å²) in [6.07, 6.45) is 5.42. The van der Waals surface area contributed by atoms with Gasteiger partial charge in [-0.05, 0) is 37.1 Å². The van der Waals surface area contributed by atoms with Crippen molar-refractivity contribution >= 4 is 17.5 Å². The van der Waals surface area contributed by atoms with Crippen molar-refractivity contribution in [2.24, 2.45) is 5.92 Å². The van der Waals surface area contributed by atoms with Crippen molar-refractivity contribution in [3.8, 4) is 11.6 Å². The van der Waals surface area contributed by atoms with Gasteiger partial charge in [-0.25, -0.2) is 13.8 Å². The van der Waals surface area contributed by atoms with Gasteiger partial charge in [0.1, 0.15) is 17.4 Å². The first-order chi connectivity index (χ1) is 15.5. The number of nitrogens with one attached hydrogen (secondary N) is 1. The summed E-state index contributed by atoms with van der Waals surface area (Å²) in [4.78, 5) is 34.7. The molecule has 32 heavy (non-hydrogen) atoms. The van der Waals surface area contributed by atoms with Crippen LogP contribution in [0.25, 0.3) is 0 Å². The highest BCUT2D eigenvalue weighted by atomic mass is 19.1. The van der Waals surface area contributed by atoms with Gasteiger partial charge in [0.2, 0.25) is 11.8 Å². The molecule has 0 atom stereocenters. The number of piperidine rings is 1. The van der Waals surface area contributed by atoms with Crippen molar-refractivity contribution in [1.29, 1.82) is 0 Å². The van der Waals surface area contributed by atoms with Gasteiger partial charge in [-0.3, -0.25) is 14.6 Å². The third-order valence-electron chi connectivity index (χ3n) is 5.18. The fourth-order valence-corrected chi connectivity index (χ4v) is 3.52. The predicted molar refractivity (Wildman–Crippen MR) is 112 cm³/mol. The van der Waals surface area contributed by atoms with Crippen LogP contribution in [0.3, 0.4) is 0 Å². The summed E-state index contributed by atoms with van der Waals surface area (Å²) in [7, 11) is 0. The molecule has 1 saturated heterocycles. The summed E-state index contributed by atoms with van der Waals surface area (Å²) in [5, 5.41) is 2.87. The molecule has 7 nitrogen and oxygen atoms in total. The highest BCUT2D eigenvalue weighted by Crippen LogP contribution is 2.25. The van der Waals surface area contributed by atoms with Crippen LogP contribution >= 0.6 is 0 Å². The number of rotatable bonds is 5. The van der Waals surface area contributed by atoms with Crippen molar-refractivity contribution in [2.75, 3.05) is 18.4 Å². The smallest absolute Gasteiger partial charge is 0.256 e. The Labute approximate surface area is 183 Å². The Hall–Kier alpha value is -3.88. The molecular formula is C23H20F2N4O3. The number of carbonyl (C=O) groups is 2. The van der Waals surface area contributed by atoms with Gasteiger partial charge in [-0.2, -0.15) is 0 Å². The molecule has 3 aromatic rings. The van der Waals surface area contributed by atoms with Crippen LogP contribution in [0.5, 0.6) is 11.6 Å². The number of carbonyl (C=O) groups excluding carboxylic acids is 2. The molecule has 0 spiro atoms. The summed E-state index contributed by atoms with van der Waals surface area (Å²) < 4.78 is 32.6. The summed E-state index contributed by atoms with van der Waals surface area (Å²) in [5.74, 6) is -1.74. The number of ether oxygens (including phenoxy) is 1. The molecule has 2 amide bonds. The number of aromatic nitrogens is 2. The Morgan fingerprint density at radius 3 is 2.59 bits per heavy atom. The number of halogens is 2. The van der Waals surface area contributed by atoms with Crippen LogP contribution in [0.2, 0.25) is 0 Å². The van der Waals surface area contributed by atoms with Crippen LogP contribution in [0, 0.1) is 17.6 Å². The Morgan fingerprint density at radius 2 is 1.88 bits per heavy atom. The van der Waals surface area contributed by atoms with Gasteiger partial charge in [-0.15, -0.1) is 0 Å². The highest BCUT2D eigenvalue weighted by Gasteiger charge is 2.29. The summed E-state index contributed by atoms with van der Waals surface area (Å²) in [5.41, 5.74) is 0.400. The third kappa shape index (κ3) is 5.05. The van der Waals surface area contributed by atoms with E-state index in [1.165, 1.54) is 17.3 Å². The second-order valence-electron chi connectivity index (χ2n) is 7.35. The average molecular weight is 438 g/mol. The molecule has 1 fully saturated rings. The van der Waals surface area contributed by atoms with Gasteiger partial charge in [0.25, 0.3) is 5.91 Å². The maximum atomic E-state index is 13.9.